The summed E-state index contributed by atoms with van der Waals surface area (Å²) in [5.41, 5.74) is 3.03. The van der Waals surface area contributed by atoms with Gasteiger partial charge in [0.1, 0.15) is 5.75 Å². The van der Waals surface area contributed by atoms with Crippen LogP contribution in [0.5, 0.6) is 5.75 Å². The molecule has 2 aromatic carbocycles. The molecule has 1 saturated carbocycles. The number of nitrogens with one attached hydrogen (secondary N) is 3. The van der Waals surface area contributed by atoms with E-state index in [1.54, 1.807) is 7.05 Å². The van der Waals surface area contributed by atoms with Gasteiger partial charge < -0.3 is 20.7 Å². The van der Waals surface area contributed by atoms with Crippen molar-refractivity contribution in [3.8, 4) is 5.75 Å². The maximum Gasteiger partial charge on any atom is 0.226 e. The summed E-state index contributed by atoms with van der Waals surface area (Å²) in [4.78, 5) is 16.1. The summed E-state index contributed by atoms with van der Waals surface area (Å²) in [5.74, 6) is 2.37. The summed E-state index contributed by atoms with van der Waals surface area (Å²) in [5, 5.41) is 9.58. The molecular formula is C24H32N4O2. The summed E-state index contributed by atoms with van der Waals surface area (Å²) < 4.78 is 5.98. The first-order valence-electron chi connectivity index (χ1n) is 10.6. The van der Waals surface area contributed by atoms with Crippen molar-refractivity contribution in [1.82, 2.24) is 10.6 Å². The molecule has 6 nitrogen and oxygen atoms in total. The van der Waals surface area contributed by atoms with E-state index in [9.17, 15) is 4.79 Å². The second-order valence-electron chi connectivity index (χ2n) is 7.98. The number of ether oxygens (including phenoxy) is 1. The smallest absolute Gasteiger partial charge is 0.226 e. The third-order valence-corrected chi connectivity index (χ3v) is 5.02. The monoisotopic (exact) mass is 408 g/mol. The predicted octanol–water partition coefficient (Wildman–Crippen LogP) is 3.94. The predicted molar refractivity (Wildman–Crippen MR) is 122 cm³/mol. The Balaban J connectivity index is 1.47. The molecule has 30 heavy (non-hydrogen) atoms. The number of para-hydroxylation sites is 1. The lowest BCUT2D eigenvalue weighted by Crippen LogP contribution is -2.36. The number of carbonyl (C=O) groups is 1. The van der Waals surface area contributed by atoms with Crippen LogP contribution < -0.4 is 20.7 Å². The molecule has 0 atom stereocenters. The quantitative estimate of drug-likeness (QED) is 0.434. The van der Waals surface area contributed by atoms with Gasteiger partial charge in [0.15, 0.2) is 5.96 Å². The molecule has 0 radical (unpaired) electrons. The topological polar surface area (TPSA) is 74.8 Å². The minimum Gasteiger partial charge on any atom is -0.493 e. The molecule has 0 aromatic heterocycles. The lowest BCUT2D eigenvalue weighted by atomic mass is 10.1. The number of rotatable bonds is 9. The fourth-order valence-electron chi connectivity index (χ4n) is 2.86. The molecule has 3 rings (SSSR count). The van der Waals surface area contributed by atoms with Gasteiger partial charge in [-0.15, -0.1) is 0 Å². The SMILES string of the molecule is CN=C(NCc1ccc(NC(=O)C(C)C)cc1)NCc1ccccc1OCC1CC1. The van der Waals surface area contributed by atoms with Crippen LogP contribution in [0.1, 0.15) is 37.8 Å². The molecule has 1 aliphatic rings. The fraction of sp³-hybridized carbons (Fsp3) is 0.417. The van der Waals surface area contributed by atoms with Gasteiger partial charge in [0.25, 0.3) is 0 Å². The van der Waals surface area contributed by atoms with Crippen molar-refractivity contribution in [3.63, 3.8) is 0 Å². The molecule has 0 heterocycles. The highest BCUT2D eigenvalue weighted by Gasteiger charge is 2.22. The largest absolute Gasteiger partial charge is 0.493 e. The van der Waals surface area contributed by atoms with Gasteiger partial charge in [-0.25, -0.2) is 0 Å². The number of hydrogen-bond donors (Lipinski definition) is 3. The Morgan fingerprint density at radius 1 is 1.07 bits per heavy atom. The van der Waals surface area contributed by atoms with Gasteiger partial charge in [0.2, 0.25) is 5.91 Å². The van der Waals surface area contributed by atoms with Gasteiger partial charge in [-0.3, -0.25) is 9.79 Å². The van der Waals surface area contributed by atoms with Crippen molar-refractivity contribution >= 4 is 17.6 Å². The van der Waals surface area contributed by atoms with Gasteiger partial charge in [-0.2, -0.15) is 0 Å². The van der Waals surface area contributed by atoms with Crippen LogP contribution in [-0.4, -0.2) is 25.5 Å². The van der Waals surface area contributed by atoms with Gasteiger partial charge >= 0.3 is 0 Å². The number of anilines is 1. The molecule has 1 amide bonds. The van der Waals surface area contributed by atoms with Gasteiger partial charge in [0.05, 0.1) is 6.61 Å². The third-order valence-electron chi connectivity index (χ3n) is 5.02. The molecule has 3 N–H and O–H groups in total. The van der Waals surface area contributed by atoms with Gasteiger partial charge in [-0.1, -0.05) is 44.2 Å². The maximum absolute atomic E-state index is 11.8. The summed E-state index contributed by atoms with van der Waals surface area (Å²) in [7, 11) is 1.76. The molecule has 0 saturated heterocycles. The van der Waals surface area contributed by atoms with Crippen molar-refractivity contribution in [1.29, 1.82) is 0 Å². The van der Waals surface area contributed by atoms with Crippen LogP contribution in [0.2, 0.25) is 0 Å². The van der Waals surface area contributed by atoms with E-state index in [1.807, 2.05) is 56.3 Å². The minimum atomic E-state index is -0.0371. The normalized spacial score (nSPS) is 13.8. The van der Waals surface area contributed by atoms with Gasteiger partial charge in [0, 0.05) is 37.3 Å². The Bertz CT molecular complexity index is 858. The maximum atomic E-state index is 11.8. The number of benzene rings is 2. The fourth-order valence-corrected chi connectivity index (χ4v) is 2.86. The number of carbonyl (C=O) groups excluding carboxylic acids is 1. The van der Waals surface area contributed by atoms with E-state index in [0.717, 1.165) is 41.0 Å². The molecule has 6 heteroatoms. The van der Waals surface area contributed by atoms with Crippen LogP contribution in [0.25, 0.3) is 0 Å². The molecule has 1 fully saturated rings. The molecule has 2 aromatic rings. The standard InChI is InChI=1S/C24H32N4O2/c1-17(2)23(29)28-21-12-10-18(11-13-21)14-26-24(25-3)27-15-20-6-4-5-7-22(20)30-16-19-8-9-19/h4-7,10-13,17,19H,8-9,14-16H2,1-3H3,(H,28,29)(H2,25,26,27). The average Bonchev–Trinajstić information content (AvgIpc) is 3.58. The second-order valence-corrected chi connectivity index (χ2v) is 7.98. The first kappa shape index (κ1) is 21.7. The Labute approximate surface area is 179 Å². The van der Waals surface area contributed by atoms with E-state index in [2.05, 4.69) is 27.0 Å². The molecule has 0 unspecified atom stereocenters. The Morgan fingerprint density at radius 2 is 1.77 bits per heavy atom. The molecule has 160 valence electrons. The zero-order valence-corrected chi connectivity index (χ0v) is 18.1. The summed E-state index contributed by atoms with van der Waals surface area (Å²) in [6.45, 7) is 5.84. The Morgan fingerprint density at radius 3 is 2.43 bits per heavy atom. The molecule has 0 spiro atoms. The Kier molecular flexibility index (Phi) is 7.71. The van der Waals surface area contributed by atoms with E-state index < -0.39 is 0 Å². The van der Waals surface area contributed by atoms with E-state index in [0.29, 0.717) is 13.1 Å². The minimum absolute atomic E-state index is 0.0202. The van der Waals surface area contributed by atoms with Gasteiger partial charge in [-0.05, 0) is 42.5 Å². The van der Waals surface area contributed by atoms with Crippen LogP contribution in [0, 0.1) is 11.8 Å². The highest BCUT2D eigenvalue weighted by molar-refractivity contribution is 5.92. The first-order chi connectivity index (χ1) is 14.5. The van der Waals surface area contributed by atoms with Crippen molar-refractivity contribution < 1.29 is 9.53 Å². The van der Waals surface area contributed by atoms with Crippen LogP contribution >= 0.6 is 0 Å². The number of amides is 1. The van der Waals surface area contributed by atoms with Crippen LogP contribution in [-0.2, 0) is 17.9 Å². The van der Waals surface area contributed by atoms with Crippen LogP contribution in [0.15, 0.2) is 53.5 Å². The number of hydrogen-bond acceptors (Lipinski definition) is 3. The molecule has 0 aliphatic heterocycles. The summed E-state index contributed by atoms with van der Waals surface area (Å²) in [6, 6.07) is 16.0. The number of nitrogens with zero attached hydrogens (tertiary/aromatic N) is 1. The van der Waals surface area contributed by atoms with E-state index in [1.165, 1.54) is 12.8 Å². The van der Waals surface area contributed by atoms with Crippen molar-refractivity contribution in [3.05, 3.63) is 59.7 Å². The van der Waals surface area contributed by atoms with E-state index >= 15 is 0 Å². The number of aliphatic imine (C=N–C) groups is 1. The highest BCUT2D eigenvalue weighted by Crippen LogP contribution is 2.30. The first-order valence-corrected chi connectivity index (χ1v) is 10.6. The van der Waals surface area contributed by atoms with Crippen molar-refractivity contribution in [2.45, 2.75) is 39.8 Å². The molecule has 0 bridgehead atoms. The van der Waals surface area contributed by atoms with Crippen molar-refractivity contribution in [2.75, 3.05) is 19.0 Å². The van der Waals surface area contributed by atoms with Crippen LogP contribution in [0.3, 0.4) is 0 Å². The lowest BCUT2D eigenvalue weighted by molar-refractivity contribution is -0.118. The van der Waals surface area contributed by atoms with Crippen LogP contribution in [0.4, 0.5) is 5.69 Å². The zero-order valence-electron chi connectivity index (χ0n) is 18.1. The van der Waals surface area contributed by atoms with E-state index in [4.69, 9.17) is 4.74 Å². The third kappa shape index (κ3) is 6.79. The summed E-state index contributed by atoms with van der Waals surface area (Å²) in [6.07, 6.45) is 2.56. The average molecular weight is 409 g/mol. The van der Waals surface area contributed by atoms with Crippen molar-refractivity contribution in [2.24, 2.45) is 16.8 Å². The second kappa shape index (κ2) is 10.7. The molecule has 1 aliphatic carbocycles. The zero-order chi connectivity index (χ0) is 21.3. The highest BCUT2D eigenvalue weighted by atomic mass is 16.5. The molecular weight excluding hydrogens is 376 g/mol. The van der Waals surface area contributed by atoms with E-state index in [-0.39, 0.29) is 11.8 Å². The Hall–Kier alpha value is -3.02. The lowest BCUT2D eigenvalue weighted by Gasteiger charge is -2.15. The summed E-state index contributed by atoms with van der Waals surface area (Å²) >= 11 is 0. The number of guanidine groups is 1.